The van der Waals surface area contributed by atoms with E-state index in [-0.39, 0.29) is 30.1 Å². The van der Waals surface area contributed by atoms with E-state index in [4.69, 9.17) is 15.7 Å². The molecule has 31 heavy (non-hydrogen) atoms. The number of imidazole rings is 1. The first-order chi connectivity index (χ1) is 14.9. The zero-order valence-electron chi connectivity index (χ0n) is 17.9. The van der Waals surface area contributed by atoms with Crippen LogP contribution in [0.4, 0.5) is 23.3 Å². The van der Waals surface area contributed by atoms with Crippen molar-refractivity contribution < 1.29 is 5.11 Å². The van der Waals surface area contributed by atoms with Crippen LogP contribution in [0.3, 0.4) is 0 Å². The Morgan fingerprint density at radius 1 is 1.29 bits per heavy atom. The van der Waals surface area contributed by atoms with Crippen molar-refractivity contribution >= 4 is 34.4 Å². The highest BCUT2D eigenvalue weighted by atomic mass is 16.3. The number of aliphatic hydroxyl groups is 1. The monoisotopic (exact) mass is 426 g/mol. The van der Waals surface area contributed by atoms with Crippen molar-refractivity contribution in [1.82, 2.24) is 24.5 Å². The predicted molar refractivity (Wildman–Crippen MR) is 122 cm³/mol. The Bertz CT molecular complexity index is 1100. The third-order valence-electron chi connectivity index (χ3n) is 5.83. The van der Waals surface area contributed by atoms with Gasteiger partial charge in [0.05, 0.1) is 6.33 Å². The van der Waals surface area contributed by atoms with Gasteiger partial charge in [-0.3, -0.25) is 4.79 Å². The van der Waals surface area contributed by atoms with Gasteiger partial charge in [0, 0.05) is 36.5 Å². The number of nitrogens with one attached hydrogen (secondary N) is 3. The Hall–Kier alpha value is -3.14. The fourth-order valence-corrected chi connectivity index (χ4v) is 4.29. The smallest absolute Gasteiger partial charge is 0.251 e. The van der Waals surface area contributed by atoms with E-state index in [9.17, 15) is 9.90 Å². The molecule has 0 aromatic carbocycles. The van der Waals surface area contributed by atoms with Crippen LogP contribution in [0.25, 0.3) is 11.2 Å². The number of aromatic amines is 1. The molecule has 0 amide bonds. The number of anilines is 4. The van der Waals surface area contributed by atoms with Crippen LogP contribution >= 0.6 is 0 Å². The summed E-state index contributed by atoms with van der Waals surface area (Å²) in [5, 5.41) is 16.1. The maximum Gasteiger partial charge on any atom is 0.251 e. The molecule has 166 valence electrons. The number of fused-ring (bicyclic) bond motifs is 1. The van der Waals surface area contributed by atoms with E-state index >= 15 is 0 Å². The van der Waals surface area contributed by atoms with Gasteiger partial charge in [0.15, 0.2) is 17.0 Å². The predicted octanol–water partition coefficient (Wildman–Crippen LogP) is 2.77. The maximum atomic E-state index is 11.8. The molecular formula is C21H30N8O2. The van der Waals surface area contributed by atoms with Crippen LogP contribution in [0.5, 0.6) is 0 Å². The number of pyridine rings is 1. The molecule has 1 saturated carbocycles. The van der Waals surface area contributed by atoms with Crippen LogP contribution in [0, 0.1) is 5.92 Å². The molecule has 1 aliphatic carbocycles. The van der Waals surface area contributed by atoms with Gasteiger partial charge >= 0.3 is 0 Å². The van der Waals surface area contributed by atoms with E-state index < -0.39 is 0 Å². The molecule has 1 fully saturated rings. The second-order valence-electron chi connectivity index (χ2n) is 8.43. The summed E-state index contributed by atoms with van der Waals surface area (Å²) >= 11 is 0. The fraction of sp³-hybridized carbons (Fsp3) is 0.524. The SMILES string of the molecule is CC(C)n1cnc2c(Nc3cc(N)[nH]c(=O)c3)nc(N[C@H]3CCCC[C@H]3CCO)nc21. The molecule has 3 aromatic rings. The van der Waals surface area contributed by atoms with Gasteiger partial charge in [-0.05, 0) is 39.0 Å². The summed E-state index contributed by atoms with van der Waals surface area (Å²) < 4.78 is 1.99. The highest BCUT2D eigenvalue weighted by Gasteiger charge is 2.26. The number of rotatable bonds is 7. The van der Waals surface area contributed by atoms with Crippen LogP contribution in [0.2, 0.25) is 0 Å². The second kappa shape index (κ2) is 8.93. The van der Waals surface area contributed by atoms with Gasteiger partial charge in [0.25, 0.3) is 5.56 Å². The topological polar surface area (TPSA) is 147 Å². The van der Waals surface area contributed by atoms with Gasteiger partial charge < -0.3 is 31.0 Å². The van der Waals surface area contributed by atoms with Crippen molar-refractivity contribution in [2.24, 2.45) is 5.92 Å². The third-order valence-corrected chi connectivity index (χ3v) is 5.83. The van der Waals surface area contributed by atoms with E-state index in [2.05, 4.69) is 34.4 Å². The largest absolute Gasteiger partial charge is 0.396 e. The minimum Gasteiger partial charge on any atom is -0.396 e. The van der Waals surface area contributed by atoms with Gasteiger partial charge in [0.1, 0.15) is 5.82 Å². The van der Waals surface area contributed by atoms with Crippen LogP contribution < -0.4 is 21.9 Å². The van der Waals surface area contributed by atoms with E-state index in [1.807, 2.05) is 4.57 Å². The molecule has 0 spiro atoms. The summed E-state index contributed by atoms with van der Waals surface area (Å²) in [6.45, 7) is 4.32. The molecule has 0 saturated heterocycles. The standard InChI is InChI=1S/C21H30N8O2/c1-12(2)29-11-23-18-19(24-14-9-16(22)26-17(31)10-14)27-21(28-20(18)29)25-15-6-4-3-5-13(15)7-8-30/h9-13,15,30H,3-8H2,1-2H3,(H5,22,24,25,26,27,28,31)/t13-,15-/m0/s1. The van der Waals surface area contributed by atoms with Crippen molar-refractivity contribution in [2.45, 2.75) is 58.0 Å². The zero-order valence-corrected chi connectivity index (χ0v) is 17.9. The lowest BCUT2D eigenvalue weighted by Crippen LogP contribution is -2.33. The highest BCUT2D eigenvalue weighted by Crippen LogP contribution is 2.31. The Kier molecular flexibility index (Phi) is 6.08. The number of aromatic nitrogens is 5. The molecule has 1 aliphatic rings. The Labute approximate surface area is 180 Å². The lowest BCUT2D eigenvalue weighted by molar-refractivity contribution is 0.219. The molecule has 2 atom stereocenters. The number of aliphatic hydroxyl groups excluding tert-OH is 1. The van der Waals surface area contributed by atoms with Crippen molar-refractivity contribution in [3.63, 3.8) is 0 Å². The molecule has 4 rings (SSSR count). The summed E-state index contributed by atoms with van der Waals surface area (Å²) in [7, 11) is 0. The molecule has 0 unspecified atom stereocenters. The van der Waals surface area contributed by atoms with Gasteiger partial charge in [-0.1, -0.05) is 12.8 Å². The molecule has 10 heteroatoms. The van der Waals surface area contributed by atoms with Crippen molar-refractivity contribution in [3.05, 3.63) is 28.8 Å². The van der Waals surface area contributed by atoms with Crippen LogP contribution in [-0.4, -0.2) is 42.3 Å². The molecule has 3 aromatic heterocycles. The van der Waals surface area contributed by atoms with E-state index in [1.165, 1.54) is 12.5 Å². The first-order valence-corrected chi connectivity index (χ1v) is 10.8. The van der Waals surface area contributed by atoms with E-state index in [1.54, 1.807) is 12.4 Å². The minimum atomic E-state index is -0.298. The first kappa shape index (κ1) is 21.1. The number of nitrogen functional groups attached to an aromatic ring is 1. The first-order valence-electron chi connectivity index (χ1n) is 10.8. The highest BCUT2D eigenvalue weighted by molar-refractivity contribution is 5.86. The van der Waals surface area contributed by atoms with Gasteiger partial charge in [-0.15, -0.1) is 0 Å². The number of nitrogens with two attached hydrogens (primary N) is 1. The van der Waals surface area contributed by atoms with Gasteiger partial charge in [0.2, 0.25) is 5.95 Å². The summed E-state index contributed by atoms with van der Waals surface area (Å²) in [5.74, 6) is 1.66. The third kappa shape index (κ3) is 4.63. The normalized spacial score (nSPS) is 19.1. The number of H-pyrrole nitrogens is 1. The zero-order chi connectivity index (χ0) is 22.0. The van der Waals surface area contributed by atoms with E-state index in [0.29, 0.717) is 34.5 Å². The summed E-state index contributed by atoms with van der Waals surface area (Å²) in [6.07, 6.45) is 6.94. The number of nitrogens with zero attached hydrogens (tertiary/aromatic N) is 4. The van der Waals surface area contributed by atoms with E-state index in [0.717, 1.165) is 25.7 Å². The van der Waals surface area contributed by atoms with Crippen molar-refractivity contribution in [2.75, 3.05) is 23.0 Å². The molecule has 0 aliphatic heterocycles. The molecule has 0 bridgehead atoms. The average Bonchev–Trinajstić information content (AvgIpc) is 3.13. The minimum absolute atomic E-state index is 0.174. The Morgan fingerprint density at radius 2 is 2.10 bits per heavy atom. The van der Waals surface area contributed by atoms with Crippen molar-refractivity contribution in [1.29, 1.82) is 0 Å². The quantitative estimate of drug-likeness (QED) is 0.387. The Balaban J connectivity index is 1.73. The summed E-state index contributed by atoms with van der Waals surface area (Å²) in [4.78, 5) is 28.3. The molecule has 10 nitrogen and oxygen atoms in total. The van der Waals surface area contributed by atoms with Gasteiger partial charge in [-0.25, -0.2) is 4.98 Å². The fourth-order valence-electron chi connectivity index (χ4n) is 4.29. The maximum absolute atomic E-state index is 11.8. The molecular weight excluding hydrogens is 396 g/mol. The van der Waals surface area contributed by atoms with Crippen LogP contribution in [0.15, 0.2) is 23.3 Å². The second-order valence-corrected chi connectivity index (χ2v) is 8.43. The molecule has 3 heterocycles. The number of hydrogen-bond acceptors (Lipinski definition) is 8. The van der Waals surface area contributed by atoms with Crippen molar-refractivity contribution in [3.8, 4) is 0 Å². The number of hydrogen-bond donors (Lipinski definition) is 5. The molecule has 0 radical (unpaired) electrons. The lowest BCUT2D eigenvalue weighted by atomic mass is 9.82. The van der Waals surface area contributed by atoms with Crippen LogP contribution in [-0.2, 0) is 0 Å². The van der Waals surface area contributed by atoms with Gasteiger partial charge in [-0.2, -0.15) is 9.97 Å². The molecule has 6 N–H and O–H groups in total. The summed E-state index contributed by atoms with van der Waals surface area (Å²) in [6, 6.07) is 3.44. The lowest BCUT2D eigenvalue weighted by Gasteiger charge is -2.32. The van der Waals surface area contributed by atoms with Crippen LogP contribution in [0.1, 0.15) is 52.0 Å². The summed E-state index contributed by atoms with van der Waals surface area (Å²) in [5.41, 5.74) is 7.35. The Morgan fingerprint density at radius 3 is 2.84 bits per heavy atom. The average molecular weight is 427 g/mol.